The van der Waals surface area contributed by atoms with Crippen molar-refractivity contribution in [2.45, 2.75) is 6.42 Å². The topological polar surface area (TPSA) is 151 Å². The number of hydrogen-bond donors (Lipinski definition) is 2. The fraction of sp³-hybridized carbons (Fsp3) is 0.243. The minimum atomic E-state index is -0.423. The lowest BCUT2D eigenvalue weighted by atomic mass is 10.2. The van der Waals surface area contributed by atoms with Gasteiger partial charge in [-0.15, -0.1) is 11.3 Å². The predicted octanol–water partition coefficient (Wildman–Crippen LogP) is 4.28. The number of thiazole rings is 1. The van der Waals surface area contributed by atoms with Gasteiger partial charge in [-0.25, -0.2) is 19.6 Å². The molecule has 2 aliphatic rings. The minimum Gasteiger partial charge on any atom is -0.403 e. The van der Waals surface area contributed by atoms with Gasteiger partial charge in [0.05, 0.1) is 22.5 Å². The molecule has 14 nitrogen and oxygen atoms in total. The number of hydrogen-bond acceptors (Lipinski definition) is 13. The molecule has 10 heterocycles. The Morgan fingerprint density at radius 1 is 0.635 bits per heavy atom. The largest absolute Gasteiger partial charge is 0.403 e. The fourth-order valence-electron chi connectivity index (χ4n) is 6.58. The smallest absolute Gasteiger partial charge is 0.347 e. The lowest BCUT2D eigenvalue weighted by molar-refractivity contribution is 0.547. The highest BCUT2D eigenvalue weighted by Crippen LogP contribution is 2.25. The molecule has 0 amide bonds. The van der Waals surface area contributed by atoms with Crippen molar-refractivity contribution in [1.82, 2.24) is 39.4 Å². The van der Waals surface area contributed by atoms with E-state index in [1.807, 2.05) is 93.6 Å². The molecule has 0 saturated carbocycles. The Labute approximate surface area is 300 Å². The molecule has 0 bridgehead atoms. The summed E-state index contributed by atoms with van der Waals surface area (Å²) in [4.78, 5) is 48.4. The van der Waals surface area contributed by atoms with E-state index in [1.54, 1.807) is 0 Å². The average molecular weight is 715 g/mol. The van der Waals surface area contributed by atoms with Gasteiger partial charge in [-0.3, -0.25) is 4.40 Å². The summed E-state index contributed by atoms with van der Waals surface area (Å²) in [7, 11) is 0. The highest BCUT2D eigenvalue weighted by atomic mass is 32.1. The predicted molar refractivity (Wildman–Crippen MR) is 202 cm³/mol. The molecule has 10 rings (SSSR count). The van der Waals surface area contributed by atoms with Crippen LogP contribution in [0.2, 0.25) is 0 Å². The summed E-state index contributed by atoms with van der Waals surface area (Å²) < 4.78 is 14.8. The standard InChI is InChI=1S/C20H19N5O2.C17H15N5O2S/c26-20-15(16-13-25-9-2-1-4-17(25)22-16)12-14-5-6-18(23-19(14)27-20)24-10-3-7-21-8-11-24;23-16-12(13-10-22-7-8-25-17(22)19-13)9-11-1-2-14(20-15(11)24-16)21-5-3-18-4-6-21/h1-2,4-6,9,12-13,21H,3,7-8,10-11H2;1-2,7-10,18H,3-6H2. The van der Waals surface area contributed by atoms with Crippen molar-refractivity contribution in [3.63, 3.8) is 0 Å². The van der Waals surface area contributed by atoms with Gasteiger partial charge in [0.25, 0.3) is 0 Å². The first-order valence-corrected chi connectivity index (χ1v) is 18.1. The fourth-order valence-corrected chi connectivity index (χ4v) is 7.28. The van der Waals surface area contributed by atoms with Crippen molar-refractivity contribution in [1.29, 1.82) is 0 Å². The van der Waals surface area contributed by atoms with Crippen LogP contribution in [0.3, 0.4) is 0 Å². The number of pyridine rings is 3. The van der Waals surface area contributed by atoms with Gasteiger partial charge in [0.15, 0.2) is 4.96 Å². The average Bonchev–Trinajstić information content (AvgIpc) is 3.85. The van der Waals surface area contributed by atoms with E-state index < -0.39 is 11.3 Å². The van der Waals surface area contributed by atoms with Crippen LogP contribution in [-0.2, 0) is 0 Å². The molecule has 0 aliphatic carbocycles. The van der Waals surface area contributed by atoms with Gasteiger partial charge >= 0.3 is 11.3 Å². The second kappa shape index (κ2) is 13.7. The molecular formula is C37H34N10O4S. The lowest BCUT2D eigenvalue weighted by Gasteiger charge is -2.28. The Morgan fingerprint density at radius 2 is 1.25 bits per heavy atom. The Balaban J connectivity index is 0.000000139. The molecule has 0 unspecified atom stereocenters. The quantitative estimate of drug-likeness (QED) is 0.268. The third-order valence-corrected chi connectivity index (χ3v) is 10.1. The van der Waals surface area contributed by atoms with E-state index in [9.17, 15) is 9.59 Å². The summed E-state index contributed by atoms with van der Waals surface area (Å²) in [5.74, 6) is 1.68. The van der Waals surface area contributed by atoms with E-state index >= 15 is 0 Å². The van der Waals surface area contributed by atoms with Gasteiger partial charge in [0.1, 0.15) is 17.3 Å². The van der Waals surface area contributed by atoms with Crippen LogP contribution in [0.1, 0.15) is 6.42 Å². The highest BCUT2D eigenvalue weighted by Gasteiger charge is 2.17. The van der Waals surface area contributed by atoms with Crippen LogP contribution in [0.4, 0.5) is 11.6 Å². The van der Waals surface area contributed by atoms with E-state index in [2.05, 4.69) is 40.4 Å². The van der Waals surface area contributed by atoms with Crippen LogP contribution in [0, 0.1) is 0 Å². The zero-order valence-electron chi connectivity index (χ0n) is 28.1. The van der Waals surface area contributed by atoms with Crippen LogP contribution >= 0.6 is 11.3 Å². The molecule has 0 radical (unpaired) electrons. The summed E-state index contributed by atoms with van der Waals surface area (Å²) in [5, 5.41) is 10.2. The van der Waals surface area contributed by atoms with Gasteiger partial charge in [0.2, 0.25) is 11.4 Å². The number of nitrogens with one attached hydrogen (secondary N) is 2. The number of nitrogens with zero attached hydrogens (tertiary/aromatic N) is 8. The Kier molecular flexibility index (Phi) is 8.42. The zero-order valence-corrected chi connectivity index (χ0v) is 28.9. The Hall–Kier alpha value is -5.90. The van der Waals surface area contributed by atoms with Gasteiger partial charge in [-0.2, -0.15) is 9.97 Å². The first-order chi connectivity index (χ1) is 25.6. The van der Waals surface area contributed by atoms with Gasteiger partial charge in [-0.1, -0.05) is 6.07 Å². The molecule has 2 fully saturated rings. The van der Waals surface area contributed by atoms with E-state index in [4.69, 9.17) is 8.83 Å². The zero-order chi connectivity index (χ0) is 35.0. The third-order valence-electron chi connectivity index (χ3n) is 9.28. The van der Waals surface area contributed by atoms with E-state index in [-0.39, 0.29) is 0 Å². The lowest BCUT2D eigenvalue weighted by Crippen LogP contribution is -2.43. The molecule has 8 aromatic rings. The molecule has 2 N–H and O–H groups in total. The number of piperazine rings is 1. The number of imidazole rings is 2. The van der Waals surface area contributed by atoms with Crippen molar-refractivity contribution in [2.24, 2.45) is 0 Å². The van der Waals surface area contributed by atoms with Crippen LogP contribution in [0.15, 0.2) is 103 Å². The first-order valence-electron chi connectivity index (χ1n) is 17.2. The maximum absolute atomic E-state index is 12.6. The van der Waals surface area contributed by atoms with Gasteiger partial charge in [-0.05, 0) is 61.5 Å². The van der Waals surface area contributed by atoms with Crippen molar-refractivity contribution in [3.05, 3.63) is 106 Å². The van der Waals surface area contributed by atoms with Crippen molar-refractivity contribution in [2.75, 3.05) is 62.2 Å². The minimum absolute atomic E-state index is 0.363. The van der Waals surface area contributed by atoms with Crippen LogP contribution < -0.4 is 31.7 Å². The summed E-state index contributed by atoms with van der Waals surface area (Å²) in [6, 6.07) is 17.2. The molecule has 0 spiro atoms. The first kappa shape index (κ1) is 32.0. The van der Waals surface area contributed by atoms with Crippen LogP contribution in [-0.4, -0.2) is 81.1 Å². The maximum atomic E-state index is 12.6. The van der Waals surface area contributed by atoms with Gasteiger partial charge in [0, 0.05) is 86.8 Å². The van der Waals surface area contributed by atoms with Crippen molar-refractivity contribution < 1.29 is 8.83 Å². The monoisotopic (exact) mass is 714 g/mol. The molecular weight excluding hydrogens is 681 g/mol. The summed E-state index contributed by atoms with van der Waals surface area (Å²) in [6.07, 6.45) is 8.56. The molecule has 0 atom stereocenters. The Morgan fingerprint density at radius 3 is 1.90 bits per heavy atom. The Bertz CT molecular complexity index is 2600. The molecule has 262 valence electrons. The number of rotatable bonds is 4. The second-order valence-corrected chi connectivity index (χ2v) is 13.5. The molecule has 2 saturated heterocycles. The third kappa shape index (κ3) is 6.29. The van der Waals surface area contributed by atoms with Gasteiger partial charge < -0.3 is 33.7 Å². The molecule has 8 aromatic heterocycles. The van der Waals surface area contributed by atoms with Crippen molar-refractivity contribution in [3.8, 4) is 22.5 Å². The second-order valence-electron chi connectivity index (χ2n) is 12.7. The van der Waals surface area contributed by atoms with Crippen LogP contribution in [0.5, 0.6) is 0 Å². The number of fused-ring (bicyclic) bond motifs is 4. The number of aromatic nitrogens is 6. The van der Waals surface area contributed by atoms with Crippen molar-refractivity contribution >= 4 is 55.8 Å². The van der Waals surface area contributed by atoms with E-state index in [1.165, 1.54) is 11.3 Å². The summed E-state index contributed by atoms with van der Waals surface area (Å²) in [5.41, 5.74) is 2.80. The normalized spacial score (nSPS) is 15.3. The van der Waals surface area contributed by atoms with E-state index in [0.717, 1.165) is 91.8 Å². The van der Waals surface area contributed by atoms with E-state index in [0.29, 0.717) is 33.9 Å². The number of anilines is 2. The SMILES string of the molecule is O=c1oc2nc(N3CCCNCC3)ccc2cc1-c1cn2ccccc2n1.O=c1oc2nc(N3CCNCC3)ccc2cc1-c1cn2ccsc2n1. The van der Waals surface area contributed by atoms with Crippen LogP contribution in [0.25, 0.3) is 55.3 Å². The summed E-state index contributed by atoms with van der Waals surface area (Å²) in [6.45, 7) is 7.42. The highest BCUT2D eigenvalue weighted by molar-refractivity contribution is 7.15. The summed E-state index contributed by atoms with van der Waals surface area (Å²) >= 11 is 1.53. The maximum Gasteiger partial charge on any atom is 0.347 e. The molecule has 52 heavy (non-hydrogen) atoms. The molecule has 2 aliphatic heterocycles. The molecule has 0 aromatic carbocycles. The molecule has 15 heteroatoms.